The van der Waals surface area contributed by atoms with Gasteiger partial charge >= 0.3 is 13.3 Å². The number of hydrogen-bond acceptors (Lipinski definition) is 4. The van der Waals surface area contributed by atoms with Crippen molar-refractivity contribution in [1.82, 2.24) is 5.32 Å². The van der Waals surface area contributed by atoms with Gasteiger partial charge in [-0.25, -0.2) is 4.39 Å². The summed E-state index contributed by atoms with van der Waals surface area (Å²) in [7, 11) is -1.02. The van der Waals surface area contributed by atoms with Crippen molar-refractivity contribution < 1.29 is 31.7 Å². The second-order valence-corrected chi connectivity index (χ2v) is 7.68. The Bertz CT molecular complexity index is 791. The van der Waals surface area contributed by atoms with E-state index in [1.165, 1.54) is 6.92 Å². The molecule has 0 aromatic heterocycles. The van der Waals surface area contributed by atoms with Crippen LogP contribution in [0, 0.1) is 5.82 Å². The maximum atomic E-state index is 13.9. The number of alkyl halides is 3. The molecular formula is C18H23BF4N2O3. The molecule has 1 fully saturated rings. The van der Waals surface area contributed by atoms with Gasteiger partial charge in [0, 0.05) is 13.5 Å². The minimum Gasteiger partial charge on any atom is -0.400 e. The Balaban J connectivity index is 2.55. The topological polar surface area (TPSA) is 73.6 Å². The third kappa shape index (κ3) is 4.67. The molecule has 28 heavy (non-hydrogen) atoms. The van der Waals surface area contributed by atoms with Crippen LogP contribution < -0.4 is 11.1 Å². The monoisotopic (exact) mass is 402 g/mol. The molecule has 0 aliphatic carbocycles. The van der Waals surface area contributed by atoms with Crippen molar-refractivity contribution in [2.75, 3.05) is 12.3 Å². The first-order valence-corrected chi connectivity index (χ1v) is 8.61. The number of halogens is 4. The number of hydrogen-bond donors (Lipinski definition) is 2. The largest absolute Gasteiger partial charge is 0.492 e. The van der Waals surface area contributed by atoms with Crippen LogP contribution in [0.15, 0.2) is 17.6 Å². The molecule has 1 aliphatic rings. The number of nitrogens with two attached hydrogens (primary N) is 1. The van der Waals surface area contributed by atoms with Crippen molar-refractivity contribution in [3.8, 4) is 0 Å². The van der Waals surface area contributed by atoms with E-state index in [2.05, 4.69) is 5.32 Å². The van der Waals surface area contributed by atoms with E-state index in [0.717, 1.165) is 6.08 Å². The quantitative estimate of drug-likeness (QED) is 0.459. The van der Waals surface area contributed by atoms with Crippen molar-refractivity contribution in [3.63, 3.8) is 0 Å². The molecule has 1 saturated heterocycles. The molecule has 5 nitrogen and oxygen atoms in total. The first-order chi connectivity index (χ1) is 12.6. The minimum absolute atomic E-state index is 0.130. The number of nitrogen functional groups attached to an aromatic ring is 1. The average molecular weight is 402 g/mol. The van der Waals surface area contributed by atoms with E-state index >= 15 is 0 Å². The van der Waals surface area contributed by atoms with Gasteiger partial charge in [-0.3, -0.25) is 4.79 Å². The third-order valence-electron chi connectivity index (χ3n) is 4.91. The Labute approximate surface area is 161 Å². The summed E-state index contributed by atoms with van der Waals surface area (Å²) in [5.74, 6) is -1.37. The van der Waals surface area contributed by atoms with E-state index in [1.807, 2.05) is 0 Å². The molecule has 0 spiro atoms. The standard InChI is InChI=1S/C18H23BF4N2O3/c1-10(26)25-9-12(19-27-16(2,3)17(4,5)28-19)6-11-7-14(20)15(24)8-13(11)18(21,22)23/h6-8H,9,24H2,1-5H3,(H,25,26). The van der Waals surface area contributed by atoms with Crippen molar-refractivity contribution >= 4 is 24.8 Å². The second-order valence-electron chi connectivity index (χ2n) is 7.68. The summed E-state index contributed by atoms with van der Waals surface area (Å²) in [6, 6.07) is 1.25. The van der Waals surface area contributed by atoms with Gasteiger partial charge in [0.25, 0.3) is 0 Å². The van der Waals surface area contributed by atoms with Crippen molar-refractivity contribution in [2.24, 2.45) is 0 Å². The highest BCUT2D eigenvalue weighted by Gasteiger charge is 2.52. The molecule has 0 bridgehead atoms. The lowest BCUT2D eigenvalue weighted by Gasteiger charge is -2.32. The minimum atomic E-state index is -4.75. The maximum absolute atomic E-state index is 13.9. The number of carbonyl (C=O) groups is 1. The van der Waals surface area contributed by atoms with E-state index in [9.17, 15) is 22.4 Å². The van der Waals surface area contributed by atoms with Crippen LogP contribution in [0.2, 0.25) is 0 Å². The van der Waals surface area contributed by atoms with Gasteiger partial charge in [-0.15, -0.1) is 0 Å². The van der Waals surface area contributed by atoms with Crippen LogP contribution in [-0.4, -0.2) is 30.8 Å². The zero-order valence-electron chi connectivity index (χ0n) is 16.3. The fourth-order valence-electron chi connectivity index (χ4n) is 2.59. The predicted octanol–water partition coefficient (Wildman–Crippen LogP) is 3.58. The molecule has 0 radical (unpaired) electrons. The van der Waals surface area contributed by atoms with Gasteiger partial charge in [-0.1, -0.05) is 6.08 Å². The Morgan fingerprint density at radius 3 is 2.21 bits per heavy atom. The zero-order chi connectivity index (χ0) is 21.5. The van der Waals surface area contributed by atoms with Crippen molar-refractivity contribution in [1.29, 1.82) is 0 Å². The smallest absolute Gasteiger partial charge is 0.400 e. The first-order valence-electron chi connectivity index (χ1n) is 8.61. The number of anilines is 1. The van der Waals surface area contributed by atoms with E-state index in [4.69, 9.17) is 15.0 Å². The highest BCUT2D eigenvalue weighted by Crippen LogP contribution is 2.40. The molecule has 10 heteroatoms. The van der Waals surface area contributed by atoms with Gasteiger partial charge in [0.2, 0.25) is 5.91 Å². The van der Waals surface area contributed by atoms with Gasteiger partial charge in [0.05, 0.1) is 22.5 Å². The fraction of sp³-hybridized carbons (Fsp3) is 0.500. The molecule has 0 atom stereocenters. The lowest BCUT2D eigenvalue weighted by Crippen LogP contribution is -2.41. The van der Waals surface area contributed by atoms with Crippen molar-refractivity contribution in [2.45, 2.75) is 52.0 Å². The fourth-order valence-corrected chi connectivity index (χ4v) is 2.59. The van der Waals surface area contributed by atoms with E-state index in [1.54, 1.807) is 27.7 Å². The van der Waals surface area contributed by atoms with Gasteiger partial charge in [-0.05, 0) is 50.9 Å². The van der Waals surface area contributed by atoms with Crippen LogP contribution in [-0.2, 0) is 20.3 Å². The molecule has 154 valence electrons. The molecular weight excluding hydrogens is 379 g/mol. The average Bonchev–Trinajstić information content (AvgIpc) is 2.73. The summed E-state index contributed by atoms with van der Waals surface area (Å²) in [4.78, 5) is 11.3. The summed E-state index contributed by atoms with van der Waals surface area (Å²) in [6.45, 7) is 8.28. The van der Waals surface area contributed by atoms with Crippen LogP contribution in [0.4, 0.5) is 23.2 Å². The van der Waals surface area contributed by atoms with Crippen LogP contribution in [0.5, 0.6) is 0 Å². The maximum Gasteiger partial charge on any atom is 0.492 e. The van der Waals surface area contributed by atoms with Crippen LogP contribution in [0.25, 0.3) is 6.08 Å². The van der Waals surface area contributed by atoms with E-state index in [-0.39, 0.29) is 17.9 Å². The molecule has 3 N–H and O–H groups in total. The first kappa shape index (κ1) is 22.2. The third-order valence-corrected chi connectivity index (χ3v) is 4.91. The summed E-state index contributed by atoms with van der Waals surface area (Å²) < 4.78 is 65.8. The highest BCUT2D eigenvalue weighted by molar-refractivity contribution is 6.56. The molecule has 1 amide bonds. The van der Waals surface area contributed by atoms with Crippen molar-refractivity contribution in [3.05, 3.63) is 34.5 Å². The van der Waals surface area contributed by atoms with Crippen LogP contribution in [0.1, 0.15) is 45.7 Å². The zero-order valence-corrected chi connectivity index (χ0v) is 16.3. The molecule has 2 rings (SSSR count). The van der Waals surface area contributed by atoms with Gasteiger partial charge in [0.15, 0.2) is 0 Å². The van der Waals surface area contributed by atoms with Gasteiger partial charge in [0.1, 0.15) is 5.82 Å². The Kier molecular flexibility index (Phi) is 5.87. The Morgan fingerprint density at radius 2 is 1.75 bits per heavy atom. The molecule has 0 unspecified atom stereocenters. The normalized spacial score (nSPS) is 19.0. The molecule has 1 aromatic rings. The molecule has 0 saturated carbocycles. The molecule has 1 aromatic carbocycles. The number of benzene rings is 1. The Morgan fingerprint density at radius 1 is 1.21 bits per heavy atom. The Hall–Kier alpha value is -2.07. The predicted molar refractivity (Wildman–Crippen MR) is 98.6 cm³/mol. The number of nitrogens with one attached hydrogen (secondary N) is 1. The SMILES string of the molecule is CC(=O)NCC(=Cc1cc(F)c(N)cc1C(F)(F)F)B1OC(C)(C)C(C)(C)O1. The number of rotatable bonds is 4. The summed E-state index contributed by atoms with van der Waals surface area (Å²) in [5.41, 5.74) is 1.89. The lowest BCUT2D eigenvalue weighted by atomic mass is 9.76. The summed E-state index contributed by atoms with van der Waals surface area (Å²) in [5, 5.41) is 2.51. The van der Waals surface area contributed by atoms with Crippen LogP contribution >= 0.6 is 0 Å². The van der Waals surface area contributed by atoms with Gasteiger partial charge < -0.3 is 20.4 Å². The van der Waals surface area contributed by atoms with Crippen LogP contribution in [0.3, 0.4) is 0 Å². The highest BCUT2D eigenvalue weighted by atomic mass is 19.4. The number of amides is 1. The van der Waals surface area contributed by atoms with E-state index < -0.39 is 47.1 Å². The second kappa shape index (κ2) is 7.40. The van der Waals surface area contributed by atoms with E-state index in [0.29, 0.717) is 12.1 Å². The number of carbonyl (C=O) groups excluding carboxylic acids is 1. The lowest BCUT2D eigenvalue weighted by molar-refractivity contribution is -0.137. The molecule has 1 heterocycles. The van der Waals surface area contributed by atoms with Gasteiger partial charge in [-0.2, -0.15) is 13.2 Å². The summed E-state index contributed by atoms with van der Waals surface area (Å²) >= 11 is 0. The molecule has 1 aliphatic heterocycles. The summed E-state index contributed by atoms with van der Waals surface area (Å²) in [6.07, 6.45) is -3.63.